The summed E-state index contributed by atoms with van der Waals surface area (Å²) in [7, 11) is 1.56. The van der Waals surface area contributed by atoms with Crippen molar-refractivity contribution in [3.05, 3.63) is 0 Å². The van der Waals surface area contributed by atoms with Gasteiger partial charge in [-0.15, -0.1) is 0 Å². The molecule has 0 aromatic rings. The second-order valence-electron chi connectivity index (χ2n) is 4.14. The Kier molecular flexibility index (Phi) is 9.86. The molecule has 2 atom stereocenters. The molecule has 0 heterocycles. The number of ether oxygens (including phenoxy) is 2. The summed E-state index contributed by atoms with van der Waals surface area (Å²) >= 11 is 0. The minimum absolute atomic E-state index is 0.137. The van der Waals surface area contributed by atoms with Crippen LogP contribution < -0.4 is 5.32 Å². The van der Waals surface area contributed by atoms with E-state index in [9.17, 15) is 10.2 Å². The third-order valence-corrected chi connectivity index (χ3v) is 2.02. The summed E-state index contributed by atoms with van der Waals surface area (Å²) in [5, 5.41) is 21.9. The molecule has 0 aromatic heterocycles. The van der Waals surface area contributed by atoms with Gasteiger partial charge in [0.05, 0.1) is 31.5 Å². The minimum atomic E-state index is -0.498. The van der Waals surface area contributed by atoms with Crippen LogP contribution >= 0.6 is 0 Å². The summed E-state index contributed by atoms with van der Waals surface area (Å²) in [5.41, 5.74) is 0. The van der Waals surface area contributed by atoms with E-state index in [1.54, 1.807) is 7.11 Å². The minimum Gasteiger partial charge on any atom is -0.391 e. The lowest BCUT2D eigenvalue weighted by molar-refractivity contribution is 0.00576. The van der Waals surface area contributed by atoms with E-state index >= 15 is 0 Å². The van der Waals surface area contributed by atoms with Crippen molar-refractivity contribution in [3.8, 4) is 0 Å². The Hall–Kier alpha value is -0.200. The van der Waals surface area contributed by atoms with Crippen LogP contribution in [0.1, 0.15) is 20.3 Å². The zero-order valence-corrected chi connectivity index (χ0v) is 10.5. The van der Waals surface area contributed by atoms with Gasteiger partial charge in [0.25, 0.3) is 0 Å². The SMILES string of the molecule is COCC(O)CCNCC(O)COC(C)C. The second kappa shape index (κ2) is 9.99. The first-order valence-corrected chi connectivity index (χ1v) is 5.73. The van der Waals surface area contributed by atoms with Crippen LogP contribution in [-0.2, 0) is 9.47 Å². The fourth-order valence-electron chi connectivity index (χ4n) is 1.18. The van der Waals surface area contributed by atoms with Crippen molar-refractivity contribution in [2.45, 2.75) is 38.6 Å². The van der Waals surface area contributed by atoms with Crippen molar-refractivity contribution in [1.82, 2.24) is 5.32 Å². The van der Waals surface area contributed by atoms with E-state index in [0.717, 1.165) is 0 Å². The van der Waals surface area contributed by atoms with Gasteiger partial charge in [-0.3, -0.25) is 0 Å². The number of methoxy groups -OCH3 is 1. The van der Waals surface area contributed by atoms with Crippen LogP contribution in [0.5, 0.6) is 0 Å². The van der Waals surface area contributed by atoms with E-state index in [0.29, 0.717) is 32.7 Å². The van der Waals surface area contributed by atoms with Gasteiger partial charge in [-0.1, -0.05) is 0 Å². The average Bonchev–Trinajstić information content (AvgIpc) is 2.22. The van der Waals surface area contributed by atoms with Crippen molar-refractivity contribution in [2.24, 2.45) is 0 Å². The molecule has 0 amide bonds. The highest BCUT2D eigenvalue weighted by atomic mass is 16.5. The molecule has 0 fully saturated rings. The number of nitrogens with one attached hydrogen (secondary N) is 1. The van der Waals surface area contributed by atoms with E-state index in [2.05, 4.69) is 5.32 Å². The van der Waals surface area contributed by atoms with Gasteiger partial charge in [0.2, 0.25) is 0 Å². The predicted molar refractivity (Wildman–Crippen MR) is 62.5 cm³/mol. The molecule has 0 rings (SSSR count). The molecule has 0 bridgehead atoms. The molecule has 0 radical (unpaired) electrons. The smallest absolute Gasteiger partial charge is 0.0897 e. The first-order valence-electron chi connectivity index (χ1n) is 5.73. The molecule has 0 aliphatic heterocycles. The molecule has 5 nitrogen and oxygen atoms in total. The lowest BCUT2D eigenvalue weighted by Gasteiger charge is -2.15. The van der Waals surface area contributed by atoms with Crippen LogP contribution in [0.4, 0.5) is 0 Å². The molecule has 0 spiro atoms. The second-order valence-corrected chi connectivity index (χ2v) is 4.14. The molecule has 0 saturated heterocycles. The summed E-state index contributed by atoms with van der Waals surface area (Å²) in [4.78, 5) is 0. The van der Waals surface area contributed by atoms with Crippen molar-refractivity contribution in [3.63, 3.8) is 0 Å². The van der Waals surface area contributed by atoms with Crippen molar-refractivity contribution < 1.29 is 19.7 Å². The highest BCUT2D eigenvalue weighted by Crippen LogP contribution is 1.92. The largest absolute Gasteiger partial charge is 0.391 e. The maximum atomic E-state index is 9.49. The molecule has 5 heteroatoms. The van der Waals surface area contributed by atoms with Crippen LogP contribution in [0, 0.1) is 0 Å². The van der Waals surface area contributed by atoms with E-state index in [1.807, 2.05) is 13.8 Å². The molecular weight excluding hydrogens is 210 g/mol. The lowest BCUT2D eigenvalue weighted by atomic mass is 10.2. The summed E-state index contributed by atoms with van der Waals surface area (Å²) in [6.07, 6.45) is -0.187. The quantitative estimate of drug-likeness (QED) is 0.456. The average molecular weight is 235 g/mol. The summed E-state index contributed by atoms with van der Waals surface area (Å²) in [5.74, 6) is 0. The topological polar surface area (TPSA) is 71.0 Å². The maximum Gasteiger partial charge on any atom is 0.0897 e. The van der Waals surface area contributed by atoms with Gasteiger partial charge in [-0.2, -0.15) is 0 Å². The van der Waals surface area contributed by atoms with E-state index < -0.39 is 12.2 Å². The number of rotatable bonds is 10. The molecule has 2 unspecified atom stereocenters. The van der Waals surface area contributed by atoms with Gasteiger partial charge in [-0.05, 0) is 26.8 Å². The number of hydrogen-bond donors (Lipinski definition) is 3. The highest BCUT2D eigenvalue weighted by Gasteiger charge is 2.06. The van der Waals surface area contributed by atoms with E-state index in [4.69, 9.17) is 9.47 Å². The Morgan fingerprint density at radius 2 is 1.81 bits per heavy atom. The molecule has 0 saturated carbocycles. The Labute approximate surface area is 97.8 Å². The van der Waals surface area contributed by atoms with Gasteiger partial charge in [-0.25, -0.2) is 0 Å². The van der Waals surface area contributed by atoms with Gasteiger partial charge < -0.3 is 25.0 Å². The molecule has 0 aliphatic carbocycles. The zero-order chi connectivity index (χ0) is 12.4. The Balaban J connectivity index is 3.30. The molecule has 0 aromatic carbocycles. The van der Waals surface area contributed by atoms with Gasteiger partial charge in [0.15, 0.2) is 0 Å². The molecular formula is C11H25NO4. The number of aliphatic hydroxyl groups excluding tert-OH is 2. The van der Waals surface area contributed by atoms with Crippen LogP contribution in [0.3, 0.4) is 0 Å². The van der Waals surface area contributed by atoms with Gasteiger partial charge >= 0.3 is 0 Å². The normalized spacial score (nSPS) is 15.4. The maximum absolute atomic E-state index is 9.49. The lowest BCUT2D eigenvalue weighted by Crippen LogP contribution is -2.33. The Morgan fingerprint density at radius 3 is 2.38 bits per heavy atom. The predicted octanol–water partition coefficient (Wildman–Crippen LogP) is -0.241. The van der Waals surface area contributed by atoms with E-state index in [1.165, 1.54) is 0 Å². The highest BCUT2D eigenvalue weighted by molar-refractivity contribution is 4.61. The van der Waals surface area contributed by atoms with Gasteiger partial charge in [0.1, 0.15) is 0 Å². The third-order valence-electron chi connectivity index (χ3n) is 2.02. The fraction of sp³-hybridized carbons (Fsp3) is 1.00. The van der Waals surface area contributed by atoms with Crippen molar-refractivity contribution in [2.75, 3.05) is 33.4 Å². The Morgan fingerprint density at radius 1 is 1.12 bits per heavy atom. The molecule has 3 N–H and O–H groups in total. The first kappa shape index (κ1) is 15.8. The summed E-state index contributed by atoms with van der Waals surface area (Å²) < 4.78 is 10.1. The van der Waals surface area contributed by atoms with Crippen LogP contribution in [0.2, 0.25) is 0 Å². The van der Waals surface area contributed by atoms with Crippen LogP contribution in [0.25, 0.3) is 0 Å². The number of hydrogen-bond acceptors (Lipinski definition) is 5. The van der Waals surface area contributed by atoms with E-state index in [-0.39, 0.29) is 6.10 Å². The fourth-order valence-corrected chi connectivity index (χ4v) is 1.18. The van der Waals surface area contributed by atoms with Crippen molar-refractivity contribution in [1.29, 1.82) is 0 Å². The van der Waals surface area contributed by atoms with Crippen molar-refractivity contribution >= 4 is 0 Å². The molecule has 16 heavy (non-hydrogen) atoms. The monoisotopic (exact) mass is 235 g/mol. The Bertz CT molecular complexity index is 155. The standard InChI is InChI=1S/C11H25NO4/c1-9(2)16-8-11(14)6-12-5-4-10(13)7-15-3/h9-14H,4-8H2,1-3H3. The van der Waals surface area contributed by atoms with Crippen LogP contribution in [-0.4, -0.2) is 61.9 Å². The summed E-state index contributed by atoms with van der Waals surface area (Å²) in [6, 6.07) is 0. The molecule has 98 valence electrons. The number of aliphatic hydroxyl groups is 2. The summed E-state index contributed by atoms with van der Waals surface area (Å²) in [6.45, 7) is 5.68. The third kappa shape index (κ3) is 10.3. The first-order chi connectivity index (χ1) is 7.56. The molecule has 0 aliphatic rings. The zero-order valence-electron chi connectivity index (χ0n) is 10.5. The van der Waals surface area contributed by atoms with Gasteiger partial charge in [0, 0.05) is 13.7 Å². The van der Waals surface area contributed by atoms with Crippen LogP contribution in [0.15, 0.2) is 0 Å².